The molecule has 0 fully saturated rings. The number of benzene rings is 2. The van der Waals surface area contributed by atoms with Gasteiger partial charge >= 0.3 is 5.97 Å². The SMILES string of the molecule is CCNc1ccc(Cl)cc1C(=O)N[C@@H](CC1=CC(C)C(c2ccccc2OC2=CC=C=C=C2)C=C1)C(=O)O. The molecule has 2 aromatic rings. The normalized spacial score (nSPS) is 18.4. The molecular weight excluding hydrogens is 500 g/mol. The lowest BCUT2D eigenvalue weighted by Crippen LogP contribution is -2.41. The molecule has 7 heteroatoms. The van der Waals surface area contributed by atoms with E-state index in [1.165, 1.54) is 6.07 Å². The average molecular weight is 529 g/mol. The van der Waals surface area contributed by atoms with Crippen molar-refractivity contribution in [1.29, 1.82) is 0 Å². The second-order valence-electron chi connectivity index (χ2n) is 9.08. The van der Waals surface area contributed by atoms with Gasteiger partial charge in [0, 0.05) is 41.2 Å². The number of carbonyl (C=O) groups excluding carboxylic acids is 1. The Morgan fingerprint density at radius 2 is 2.00 bits per heavy atom. The third-order valence-corrected chi connectivity index (χ3v) is 6.57. The van der Waals surface area contributed by atoms with Crippen molar-refractivity contribution in [3.05, 3.63) is 118 Å². The molecule has 0 bridgehead atoms. The van der Waals surface area contributed by atoms with Crippen LogP contribution in [0.5, 0.6) is 5.75 Å². The lowest BCUT2D eigenvalue weighted by Gasteiger charge is -2.26. The van der Waals surface area contributed by atoms with Crippen LogP contribution in [0.2, 0.25) is 5.02 Å². The molecule has 4 rings (SSSR count). The number of halogens is 1. The minimum Gasteiger partial charge on any atom is -0.480 e. The van der Waals surface area contributed by atoms with Gasteiger partial charge in [-0.15, -0.1) is 0 Å². The fraction of sp³-hybridized carbons (Fsp3) is 0.226. The first-order valence-corrected chi connectivity index (χ1v) is 12.8. The molecule has 6 nitrogen and oxygen atoms in total. The van der Waals surface area contributed by atoms with E-state index < -0.39 is 17.9 Å². The average Bonchev–Trinajstić information content (AvgIpc) is 2.90. The van der Waals surface area contributed by atoms with Crippen LogP contribution < -0.4 is 15.4 Å². The number of para-hydroxylation sites is 1. The van der Waals surface area contributed by atoms with Gasteiger partial charge in [-0.05, 0) is 54.8 Å². The predicted octanol–water partition coefficient (Wildman–Crippen LogP) is 6.40. The molecule has 0 aliphatic heterocycles. The number of carbonyl (C=O) groups is 2. The first-order chi connectivity index (χ1) is 18.4. The highest BCUT2D eigenvalue weighted by Crippen LogP contribution is 2.38. The number of allylic oxidation sites excluding steroid dienone is 6. The first kappa shape index (κ1) is 26.8. The van der Waals surface area contributed by atoms with Crippen LogP contribution in [0, 0.1) is 5.92 Å². The topological polar surface area (TPSA) is 87.7 Å². The molecule has 38 heavy (non-hydrogen) atoms. The van der Waals surface area contributed by atoms with Crippen molar-refractivity contribution in [2.24, 2.45) is 5.92 Å². The van der Waals surface area contributed by atoms with Gasteiger partial charge in [0.25, 0.3) is 5.91 Å². The van der Waals surface area contributed by atoms with Gasteiger partial charge in [0.05, 0.1) is 5.56 Å². The fourth-order valence-corrected chi connectivity index (χ4v) is 4.69. The van der Waals surface area contributed by atoms with E-state index in [0.717, 1.165) is 16.9 Å². The molecule has 0 aromatic heterocycles. The molecule has 194 valence electrons. The van der Waals surface area contributed by atoms with Crippen molar-refractivity contribution in [2.45, 2.75) is 32.2 Å². The van der Waals surface area contributed by atoms with Gasteiger partial charge in [-0.2, -0.15) is 0 Å². The number of nitrogens with one attached hydrogen (secondary N) is 2. The molecule has 0 heterocycles. The van der Waals surface area contributed by atoms with E-state index in [1.807, 2.05) is 43.3 Å². The summed E-state index contributed by atoms with van der Waals surface area (Å²) in [5.41, 5.74) is 8.53. The van der Waals surface area contributed by atoms with Crippen LogP contribution in [0.3, 0.4) is 0 Å². The summed E-state index contributed by atoms with van der Waals surface area (Å²) in [6, 6.07) is 11.7. The smallest absolute Gasteiger partial charge is 0.326 e. The number of aliphatic carboxylic acids is 1. The lowest BCUT2D eigenvalue weighted by atomic mass is 9.81. The van der Waals surface area contributed by atoms with Gasteiger partial charge < -0.3 is 20.5 Å². The highest BCUT2D eigenvalue weighted by atomic mass is 35.5. The van der Waals surface area contributed by atoms with Crippen molar-refractivity contribution in [3.8, 4) is 5.75 Å². The number of amides is 1. The lowest BCUT2D eigenvalue weighted by molar-refractivity contribution is -0.139. The van der Waals surface area contributed by atoms with Crippen molar-refractivity contribution < 1.29 is 19.4 Å². The molecule has 0 spiro atoms. The first-order valence-electron chi connectivity index (χ1n) is 12.5. The summed E-state index contributed by atoms with van der Waals surface area (Å²) in [5.74, 6) is -0.0553. The largest absolute Gasteiger partial charge is 0.480 e. The van der Waals surface area contributed by atoms with E-state index in [4.69, 9.17) is 16.3 Å². The molecule has 3 atom stereocenters. The van der Waals surface area contributed by atoms with Gasteiger partial charge in [-0.1, -0.05) is 66.4 Å². The van der Waals surface area contributed by atoms with Gasteiger partial charge in [-0.3, -0.25) is 4.79 Å². The number of hydrogen-bond donors (Lipinski definition) is 3. The second-order valence-corrected chi connectivity index (χ2v) is 9.52. The zero-order valence-corrected chi connectivity index (χ0v) is 22.0. The van der Waals surface area contributed by atoms with Gasteiger partial charge in [0.2, 0.25) is 0 Å². The van der Waals surface area contributed by atoms with Crippen molar-refractivity contribution in [3.63, 3.8) is 0 Å². The standard InChI is InChI=1S/C31H29ClN2O4/c1-3-33-27-16-14-22(32)19-26(27)30(35)34-28(31(36)37)18-21-13-15-24(20(2)17-21)25-11-7-8-12-29(25)38-23-9-5-4-6-10-23/h5,7-17,19-20,24,28,33H,3,18H2,1-2H3,(H,34,35)(H,36,37)/t20?,24?,28-/m0/s1. The van der Waals surface area contributed by atoms with Crippen molar-refractivity contribution in [1.82, 2.24) is 5.32 Å². The third-order valence-electron chi connectivity index (χ3n) is 6.33. The summed E-state index contributed by atoms with van der Waals surface area (Å²) in [6.45, 7) is 4.60. The molecule has 1 amide bonds. The van der Waals surface area contributed by atoms with Crippen molar-refractivity contribution in [2.75, 3.05) is 11.9 Å². The van der Waals surface area contributed by atoms with E-state index in [-0.39, 0.29) is 18.3 Å². The third kappa shape index (κ3) is 6.56. The minimum absolute atomic E-state index is 0.0428. The monoisotopic (exact) mass is 528 g/mol. The fourth-order valence-electron chi connectivity index (χ4n) is 4.52. The number of hydrogen-bond acceptors (Lipinski definition) is 4. The maximum absolute atomic E-state index is 13.0. The Kier molecular flexibility index (Phi) is 8.73. The van der Waals surface area contributed by atoms with E-state index in [0.29, 0.717) is 28.6 Å². The van der Waals surface area contributed by atoms with Crippen LogP contribution in [0.25, 0.3) is 0 Å². The van der Waals surface area contributed by atoms with Crippen LogP contribution in [0.4, 0.5) is 5.69 Å². The Bertz CT molecular complexity index is 1430. The van der Waals surface area contributed by atoms with Crippen LogP contribution in [0.1, 0.15) is 42.1 Å². The Morgan fingerprint density at radius 1 is 1.18 bits per heavy atom. The van der Waals surface area contributed by atoms with Crippen LogP contribution in [-0.2, 0) is 4.79 Å². The summed E-state index contributed by atoms with van der Waals surface area (Å²) < 4.78 is 6.11. The molecule has 2 aromatic carbocycles. The number of carboxylic acids is 1. The van der Waals surface area contributed by atoms with E-state index >= 15 is 0 Å². The minimum atomic E-state index is -1.11. The second kappa shape index (κ2) is 12.4. The molecule has 2 unspecified atom stereocenters. The number of anilines is 1. The Labute approximate surface area is 227 Å². The summed E-state index contributed by atoms with van der Waals surface area (Å²) in [4.78, 5) is 25.1. The van der Waals surface area contributed by atoms with E-state index in [1.54, 1.807) is 24.3 Å². The zero-order chi connectivity index (χ0) is 27.1. The summed E-state index contributed by atoms with van der Waals surface area (Å²) in [5, 5.41) is 16.0. The highest BCUT2D eigenvalue weighted by Gasteiger charge is 2.27. The number of ether oxygens (including phenoxy) is 1. The molecule has 0 radical (unpaired) electrons. The highest BCUT2D eigenvalue weighted by molar-refractivity contribution is 6.31. The summed E-state index contributed by atoms with van der Waals surface area (Å²) >= 11 is 6.10. The molecule has 3 N–H and O–H groups in total. The van der Waals surface area contributed by atoms with Gasteiger partial charge in [0.1, 0.15) is 17.6 Å². The summed E-state index contributed by atoms with van der Waals surface area (Å²) in [6.07, 6.45) is 11.5. The van der Waals surface area contributed by atoms with Crippen LogP contribution >= 0.6 is 11.6 Å². The molecular formula is C31H29ClN2O4. The van der Waals surface area contributed by atoms with Gasteiger partial charge in [-0.25, -0.2) is 4.79 Å². The van der Waals surface area contributed by atoms with Crippen LogP contribution in [0.15, 0.2) is 102 Å². The summed E-state index contributed by atoms with van der Waals surface area (Å²) in [7, 11) is 0. The quantitative estimate of drug-likeness (QED) is 0.310. The van der Waals surface area contributed by atoms with Crippen LogP contribution in [-0.4, -0.2) is 29.6 Å². The molecule has 0 saturated heterocycles. The number of rotatable bonds is 10. The van der Waals surface area contributed by atoms with Crippen molar-refractivity contribution >= 4 is 29.2 Å². The Balaban J connectivity index is 1.48. The molecule has 2 aliphatic rings. The zero-order valence-electron chi connectivity index (χ0n) is 21.2. The molecule has 2 aliphatic carbocycles. The predicted molar refractivity (Wildman–Crippen MR) is 150 cm³/mol. The number of carboxylic acid groups (broad SMARTS) is 1. The van der Waals surface area contributed by atoms with E-state index in [9.17, 15) is 14.7 Å². The Hall–Kier alpha value is -4.21. The molecule has 0 saturated carbocycles. The van der Waals surface area contributed by atoms with Gasteiger partial charge in [0.15, 0.2) is 0 Å². The van der Waals surface area contributed by atoms with E-state index in [2.05, 4.69) is 41.2 Å². The maximum atomic E-state index is 13.0. The Morgan fingerprint density at radius 3 is 2.71 bits per heavy atom. The maximum Gasteiger partial charge on any atom is 0.326 e.